The third-order valence-corrected chi connectivity index (χ3v) is 6.62. The monoisotopic (exact) mass is 455 g/mol. The van der Waals surface area contributed by atoms with Crippen molar-refractivity contribution < 1.29 is 14.3 Å². The molecule has 1 aromatic heterocycles. The topological polar surface area (TPSA) is 46.6 Å². The van der Waals surface area contributed by atoms with E-state index in [-0.39, 0.29) is 11.8 Å². The van der Waals surface area contributed by atoms with Crippen molar-refractivity contribution in [2.75, 3.05) is 11.5 Å². The molecule has 0 fully saturated rings. The van der Waals surface area contributed by atoms with E-state index in [1.54, 1.807) is 30.3 Å². The molecule has 0 atom stereocenters. The second-order valence-electron chi connectivity index (χ2n) is 6.53. The molecule has 1 aliphatic heterocycles. The standard InChI is InChI=1S/C23H18ClNO3S2/c1-2-12-28-17-6-3-5-16(14-17)25-22(26)20(19-7-4-13-29-19)21(23(25)27)30-18-10-8-15(24)9-11-18/h3-11,13-14H,2,12H2,1H3. The van der Waals surface area contributed by atoms with E-state index in [2.05, 4.69) is 0 Å². The molecule has 0 saturated carbocycles. The number of carbonyl (C=O) groups excluding carboxylic acids is 2. The average molecular weight is 456 g/mol. The van der Waals surface area contributed by atoms with E-state index >= 15 is 0 Å². The summed E-state index contributed by atoms with van der Waals surface area (Å²) in [7, 11) is 0. The van der Waals surface area contributed by atoms with E-state index in [1.165, 1.54) is 28.0 Å². The fourth-order valence-electron chi connectivity index (χ4n) is 3.03. The van der Waals surface area contributed by atoms with Crippen LogP contribution in [0.25, 0.3) is 5.57 Å². The second-order valence-corrected chi connectivity index (χ2v) is 9.00. The van der Waals surface area contributed by atoms with E-state index in [9.17, 15) is 9.59 Å². The highest BCUT2D eigenvalue weighted by Crippen LogP contribution is 2.43. The minimum Gasteiger partial charge on any atom is -0.494 e. The van der Waals surface area contributed by atoms with Gasteiger partial charge in [0.15, 0.2) is 0 Å². The molecule has 3 aromatic rings. The summed E-state index contributed by atoms with van der Waals surface area (Å²) in [5.41, 5.74) is 0.925. The van der Waals surface area contributed by atoms with Gasteiger partial charge in [0.25, 0.3) is 11.8 Å². The number of hydrogen-bond acceptors (Lipinski definition) is 5. The summed E-state index contributed by atoms with van der Waals surface area (Å²) < 4.78 is 5.68. The van der Waals surface area contributed by atoms with E-state index in [1.807, 2.05) is 42.6 Å². The molecule has 0 radical (unpaired) electrons. The predicted octanol–water partition coefficient (Wildman–Crippen LogP) is 6.27. The summed E-state index contributed by atoms with van der Waals surface area (Å²) in [5.74, 6) is -0.0334. The van der Waals surface area contributed by atoms with Crippen LogP contribution in [-0.2, 0) is 9.59 Å². The van der Waals surface area contributed by atoms with Crippen molar-refractivity contribution in [2.24, 2.45) is 0 Å². The van der Waals surface area contributed by atoms with Gasteiger partial charge in [-0.3, -0.25) is 9.59 Å². The van der Waals surface area contributed by atoms with Crippen LogP contribution in [0.5, 0.6) is 5.75 Å². The normalized spacial score (nSPS) is 14.0. The Morgan fingerprint density at radius 2 is 1.83 bits per heavy atom. The molecule has 0 saturated heterocycles. The lowest BCUT2D eigenvalue weighted by atomic mass is 10.2. The molecule has 30 heavy (non-hydrogen) atoms. The number of imide groups is 1. The fraction of sp³-hybridized carbons (Fsp3) is 0.130. The number of rotatable bonds is 7. The minimum atomic E-state index is -0.337. The molecule has 0 unspecified atom stereocenters. The Hall–Kier alpha value is -2.54. The maximum atomic E-state index is 13.4. The summed E-state index contributed by atoms with van der Waals surface area (Å²) in [6, 6.07) is 18.0. The first kappa shape index (κ1) is 20.7. The van der Waals surface area contributed by atoms with Gasteiger partial charge >= 0.3 is 0 Å². The Morgan fingerprint density at radius 1 is 1.03 bits per heavy atom. The van der Waals surface area contributed by atoms with Crippen LogP contribution in [0.4, 0.5) is 5.69 Å². The summed E-state index contributed by atoms with van der Waals surface area (Å²) >= 11 is 8.70. The highest BCUT2D eigenvalue weighted by molar-refractivity contribution is 8.04. The zero-order valence-electron chi connectivity index (χ0n) is 16.1. The van der Waals surface area contributed by atoms with Gasteiger partial charge in [-0.15, -0.1) is 11.3 Å². The lowest BCUT2D eigenvalue weighted by molar-refractivity contribution is -0.119. The number of halogens is 1. The van der Waals surface area contributed by atoms with Crippen LogP contribution in [0.1, 0.15) is 18.2 Å². The summed E-state index contributed by atoms with van der Waals surface area (Å²) in [5, 5.41) is 2.51. The lowest BCUT2D eigenvalue weighted by Gasteiger charge is -2.16. The quantitative estimate of drug-likeness (QED) is 0.394. The van der Waals surface area contributed by atoms with E-state index in [4.69, 9.17) is 16.3 Å². The summed E-state index contributed by atoms with van der Waals surface area (Å²) in [6.45, 7) is 2.59. The number of anilines is 1. The van der Waals surface area contributed by atoms with Crippen molar-refractivity contribution in [3.8, 4) is 5.75 Å². The van der Waals surface area contributed by atoms with Crippen molar-refractivity contribution in [1.29, 1.82) is 0 Å². The molecule has 7 heteroatoms. The number of hydrogen-bond donors (Lipinski definition) is 0. The third-order valence-electron chi connectivity index (χ3n) is 4.39. The number of thioether (sulfide) groups is 1. The van der Waals surface area contributed by atoms with Crippen LogP contribution >= 0.6 is 34.7 Å². The maximum absolute atomic E-state index is 13.4. The highest BCUT2D eigenvalue weighted by atomic mass is 35.5. The number of carbonyl (C=O) groups is 2. The first-order chi connectivity index (χ1) is 14.6. The molecule has 2 aromatic carbocycles. The smallest absolute Gasteiger partial charge is 0.272 e. The molecular formula is C23H18ClNO3S2. The van der Waals surface area contributed by atoms with Crippen LogP contribution < -0.4 is 9.64 Å². The van der Waals surface area contributed by atoms with Gasteiger partial charge in [-0.1, -0.05) is 42.4 Å². The third kappa shape index (κ3) is 4.17. The van der Waals surface area contributed by atoms with Gasteiger partial charge in [-0.05, 0) is 54.3 Å². The molecular weight excluding hydrogens is 438 g/mol. The molecule has 2 amide bonds. The first-order valence-electron chi connectivity index (χ1n) is 9.41. The number of nitrogens with zero attached hydrogens (tertiary/aromatic N) is 1. The van der Waals surface area contributed by atoms with Crippen LogP contribution in [0.2, 0.25) is 5.02 Å². The SMILES string of the molecule is CCCOc1cccc(N2C(=O)C(Sc3ccc(Cl)cc3)=C(c3cccs3)C2=O)c1. The largest absolute Gasteiger partial charge is 0.494 e. The molecule has 1 aliphatic rings. The van der Waals surface area contributed by atoms with Crippen LogP contribution in [-0.4, -0.2) is 18.4 Å². The first-order valence-corrected chi connectivity index (χ1v) is 11.5. The van der Waals surface area contributed by atoms with E-state index in [0.717, 1.165) is 16.2 Å². The highest BCUT2D eigenvalue weighted by Gasteiger charge is 2.41. The average Bonchev–Trinajstić information content (AvgIpc) is 3.35. The Morgan fingerprint density at radius 3 is 2.53 bits per heavy atom. The number of ether oxygens (including phenoxy) is 1. The Labute approximate surface area is 188 Å². The molecule has 2 heterocycles. The van der Waals surface area contributed by atoms with Gasteiger partial charge in [0.2, 0.25) is 0 Å². The van der Waals surface area contributed by atoms with Gasteiger partial charge in [-0.25, -0.2) is 4.90 Å². The summed E-state index contributed by atoms with van der Waals surface area (Å²) in [6.07, 6.45) is 0.873. The Kier molecular flexibility index (Phi) is 6.27. The molecule has 152 valence electrons. The number of benzene rings is 2. The van der Waals surface area contributed by atoms with Gasteiger partial charge in [-0.2, -0.15) is 0 Å². The van der Waals surface area contributed by atoms with Crippen molar-refractivity contribution >= 4 is 57.8 Å². The van der Waals surface area contributed by atoms with Crippen molar-refractivity contribution in [1.82, 2.24) is 0 Å². The van der Waals surface area contributed by atoms with Gasteiger partial charge in [0.05, 0.1) is 22.8 Å². The number of thiophene rings is 1. The Bertz CT molecular complexity index is 1110. The summed E-state index contributed by atoms with van der Waals surface area (Å²) in [4.78, 5) is 30.0. The molecule has 0 N–H and O–H groups in total. The van der Waals surface area contributed by atoms with Crippen LogP contribution in [0.3, 0.4) is 0 Å². The lowest BCUT2D eigenvalue weighted by Crippen LogP contribution is -2.31. The molecule has 4 nitrogen and oxygen atoms in total. The molecule has 0 aliphatic carbocycles. The van der Waals surface area contributed by atoms with E-state index < -0.39 is 0 Å². The van der Waals surface area contributed by atoms with Crippen LogP contribution in [0, 0.1) is 0 Å². The molecule has 0 bridgehead atoms. The Balaban J connectivity index is 1.72. The van der Waals surface area contributed by atoms with Gasteiger partial charge < -0.3 is 4.74 Å². The molecule has 0 spiro atoms. The predicted molar refractivity (Wildman–Crippen MR) is 123 cm³/mol. The van der Waals surface area contributed by atoms with Crippen molar-refractivity contribution in [2.45, 2.75) is 18.2 Å². The van der Waals surface area contributed by atoms with E-state index in [0.29, 0.717) is 33.5 Å². The second kappa shape index (κ2) is 9.08. The number of amides is 2. The fourth-order valence-corrected chi connectivity index (χ4v) is 4.97. The van der Waals surface area contributed by atoms with Gasteiger partial charge in [0.1, 0.15) is 5.75 Å². The zero-order chi connectivity index (χ0) is 21.1. The van der Waals surface area contributed by atoms with Crippen molar-refractivity contribution in [3.05, 3.63) is 80.8 Å². The zero-order valence-corrected chi connectivity index (χ0v) is 18.5. The van der Waals surface area contributed by atoms with Crippen LogP contribution in [0.15, 0.2) is 75.8 Å². The van der Waals surface area contributed by atoms with Crippen molar-refractivity contribution in [3.63, 3.8) is 0 Å². The maximum Gasteiger partial charge on any atom is 0.272 e. The molecule has 4 rings (SSSR count). The minimum absolute atomic E-state index is 0.327. The van der Waals surface area contributed by atoms with Gasteiger partial charge in [0, 0.05) is 20.9 Å².